The molecular formula is C25H23N3O7. The Bertz CT molecular complexity index is 1470. The number of pyridine rings is 2. The Morgan fingerprint density at radius 3 is 2.83 bits per heavy atom. The molecule has 2 aliphatic rings. The molecule has 35 heavy (non-hydrogen) atoms. The zero-order valence-electron chi connectivity index (χ0n) is 19.4. The van der Waals surface area contributed by atoms with Crippen LogP contribution in [0.25, 0.3) is 22.3 Å². The van der Waals surface area contributed by atoms with E-state index < -0.39 is 17.7 Å². The standard InChI is InChI=1S/C25H23N3O7/c1-25(2,3)35-26-7-6-14-15-8-13-10-28-19(21(13)27-18(15)4-5-20(14)34-12-29)9-16-17(23(28)31)11-33-24(32)22(16)30/h4-5,7-9,12,22,30H,6,10-11H2,1-3H3/b26-7+. The number of aliphatic hydroxyl groups is 1. The van der Waals surface area contributed by atoms with Crippen LogP contribution in [0.3, 0.4) is 0 Å². The lowest BCUT2D eigenvalue weighted by atomic mass is 9.99. The fourth-order valence-electron chi connectivity index (χ4n) is 4.33. The lowest BCUT2D eigenvalue weighted by molar-refractivity contribution is -0.157. The lowest BCUT2D eigenvalue weighted by Gasteiger charge is -2.21. The lowest BCUT2D eigenvalue weighted by Crippen LogP contribution is -2.32. The number of fused-ring (bicyclic) bond motifs is 5. The van der Waals surface area contributed by atoms with Crippen molar-refractivity contribution in [1.29, 1.82) is 0 Å². The van der Waals surface area contributed by atoms with Crippen LogP contribution in [0.15, 0.2) is 34.2 Å². The van der Waals surface area contributed by atoms with E-state index in [2.05, 4.69) is 5.16 Å². The molecule has 2 aromatic heterocycles. The maximum absolute atomic E-state index is 13.1. The van der Waals surface area contributed by atoms with Gasteiger partial charge in [-0.15, -0.1) is 0 Å². The summed E-state index contributed by atoms with van der Waals surface area (Å²) in [7, 11) is 0. The van der Waals surface area contributed by atoms with Crippen molar-refractivity contribution in [2.24, 2.45) is 5.16 Å². The third-order valence-corrected chi connectivity index (χ3v) is 5.90. The minimum absolute atomic E-state index is 0.178. The van der Waals surface area contributed by atoms with Gasteiger partial charge in [-0.05, 0) is 45.0 Å². The summed E-state index contributed by atoms with van der Waals surface area (Å²) in [6, 6.07) is 6.92. The molecular weight excluding hydrogens is 454 g/mol. The van der Waals surface area contributed by atoms with Crippen molar-refractivity contribution >= 4 is 29.6 Å². The Labute approximate surface area is 199 Å². The Morgan fingerprint density at radius 1 is 1.29 bits per heavy atom. The number of rotatable bonds is 5. The van der Waals surface area contributed by atoms with Crippen LogP contribution in [0.2, 0.25) is 0 Å². The first-order valence-corrected chi connectivity index (χ1v) is 11.1. The SMILES string of the molecule is CC(C)(C)O/N=C/Cc1c(OC=O)ccc2nc3c(cc12)Cn1c-3cc2c(c1=O)COC(=O)C2O. The van der Waals surface area contributed by atoms with Crippen LogP contribution < -0.4 is 10.3 Å². The van der Waals surface area contributed by atoms with E-state index in [4.69, 9.17) is 19.3 Å². The van der Waals surface area contributed by atoms with Crippen LogP contribution in [-0.2, 0) is 38.7 Å². The Balaban J connectivity index is 1.61. The summed E-state index contributed by atoms with van der Waals surface area (Å²) in [5.74, 6) is -0.408. The van der Waals surface area contributed by atoms with E-state index in [1.165, 1.54) is 0 Å². The van der Waals surface area contributed by atoms with Gasteiger partial charge < -0.3 is 24.0 Å². The van der Waals surface area contributed by atoms with Crippen LogP contribution in [-0.4, -0.2) is 38.9 Å². The number of benzene rings is 1. The summed E-state index contributed by atoms with van der Waals surface area (Å²) in [6.07, 6.45) is 0.409. The van der Waals surface area contributed by atoms with Gasteiger partial charge in [-0.1, -0.05) is 5.16 Å². The molecule has 180 valence electrons. The number of aromatic nitrogens is 2. The monoisotopic (exact) mass is 477 g/mol. The number of oxime groups is 1. The highest BCUT2D eigenvalue weighted by Gasteiger charge is 2.33. The summed E-state index contributed by atoms with van der Waals surface area (Å²) < 4.78 is 11.7. The molecule has 0 amide bonds. The summed E-state index contributed by atoms with van der Waals surface area (Å²) in [5, 5.41) is 15.0. The average Bonchev–Trinajstić information content (AvgIpc) is 3.16. The minimum atomic E-state index is -1.51. The quantitative estimate of drug-likeness (QED) is 0.201. The molecule has 0 radical (unpaired) electrons. The molecule has 1 atom stereocenters. The summed E-state index contributed by atoms with van der Waals surface area (Å²) in [4.78, 5) is 46.2. The molecule has 1 N–H and O–H groups in total. The summed E-state index contributed by atoms with van der Waals surface area (Å²) >= 11 is 0. The van der Waals surface area contributed by atoms with E-state index in [1.54, 1.807) is 29.0 Å². The number of hydrogen-bond donors (Lipinski definition) is 1. The Hall–Kier alpha value is -4.05. The second-order valence-corrected chi connectivity index (χ2v) is 9.38. The van der Waals surface area contributed by atoms with Gasteiger partial charge >= 0.3 is 5.97 Å². The predicted octanol–water partition coefficient (Wildman–Crippen LogP) is 2.39. The van der Waals surface area contributed by atoms with Crippen LogP contribution in [0.4, 0.5) is 0 Å². The van der Waals surface area contributed by atoms with Crippen molar-refractivity contribution in [2.75, 3.05) is 0 Å². The van der Waals surface area contributed by atoms with Gasteiger partial charge in [0.1, 0.15) is 18.0 Å². The summed E-state index contributed by atoms with van der Waals surface area (Å²) in [6.45, 7) is 6.10. The van der Waals surface area contributed by atoms with E-state index in [9.17, 15) is 19.5 Å². The molecule has 1 unspecified atom stereocenters. The fourth-order valence-corrected chi connectivity index (χ4v) is 4.33. The highest BCUT2D eigenvalue weighted by Crippen LogP contribution is 2.37. The van der Waals surface area contributed by atoms with Gasteiger partial charge in [0, 0.05) is 34.7 Å². The number of carbonyl (C=O) groups is 2. The Kier molecular flexibility index (Phi) is 5.40. The summed E-state index contributed by atoms with van der Waals surface area (Å²) in [5.41, 5.74) is 2.95. The van der Waals surface area contributed by atoms with Crippen LogP contribution in [0.1, 0.15) is 49.1 Å². The van der Waals surface area contributed by atoms with E-state index in [0.717, 1.165) is 10.9 Å². The van der Waals surface area contributed by atoms with Crippen LogP contribution >= 0.6 is 0 Å². The maximum atomic E-state index is 13.1. The molecule has 0 aliphatic carbocycles. The molecule has 0 spiro atoms. The maximum Gasteiger partial charge on any atom is 0.340 e. The zero-order chi connectivity index (χ0) is 24.9. The molecule has 4 heterocycles. The van der Waals surface area contributed by atoms with Gasteiger partial charge in [-0.2, -0.15) is 0 Å². The van der Waals surface area contributed by atoms with E-state index in [-0.39, 0.29) is 29.8 Å². The van der Waals surface area contributed by atoms with Gasteiger partial charge in [0.25, 0.3) is 12.0 Å². The number of ether oxygens (including phenoxy) is 2. The number of carbonyl (C=O) groups excluding carboxylic acids is 2. The highest BCUT2D eigenvalue weighted by atomic mass is 16.6. The molecule has 0 bridgehead atoms. The Morgan fingerprint density at radius 2 is 2.09 bits per heavy atom. The van der Waals surface area contributed by atoms with Crippen molar-refractivity contribution in [3.05, 3.63) is 56.9 Å². The molecule has 0 fully saturated rings. The van der Waals surface area contributed by atoms with Crippen LogP contribution in [0, 0.1) is 0 Å². The van der Waals surface area contributed by atoms with Crippen molar-refractivity contribution < 1.29 is 29.0 Å². The van der Waals surface area contributed by atoms with Crippen molar-refractivity contribution in [1.82, 2.24) is 9.55 Å². The predicted molar refractivity (Wildman–Crippen MR) is 125 cm³/mol. The van der Waals surface area contributed by atoms with Gasteiger partial charge in [0.15, 0.2) is 6.10 Å². The van der Waals surface area contributed by atoms with E-state index in [1.807, 2.05) is 26.8 Å². The van der Waals surface area contributed by atoms with Gasteiger partial charge in [0.2, 0.25) is 0 Å². The van der Waals surface area contributed by atoms with Gasteiger partial charge in [0.05, 0.1) is 29.0 Å². The molecule has 5 rings (SSSR count). The number of aliphatic hydroxyl groups excluding tert-OH is 1. The van der Waals surface area contributed by atoms with Gasteiger partial charge in [-0.25, -0.2) is 9.78 Å². The molecule has 10 heteroatoms. The first-order valence-electron chi connectivity index (χ1n) is 11.1. The normalized spacial score (nSPS) is 16.6. The molecule has 0 saturated carbocycles. The number of nitrogens with zero attached hydrogens (tertiary/aromatic N) is 3. The van der Waals surface area contributed by atoms with E-state index in [0.29, 0.717) is 41.1 Å². The molecule has 10 nitrogen and oxygen atoms in total. The van der Waals surface area contributed by atoms with Crippen molar-refractivity contribution in [2.45, 2.75) is 52.0 Å². The van der Waals surface area contributed by atoms with Gasteiger partial charge in [-0.3, -0.25) is 9.59 Å². The van der Waals surface area contributed by atoms with Crippen molar-refractivity contribution in [3.63, 3.8) is 0 Å². The molecule has 3 aromatic rings. The fraction of sp³-hybridized carbons (Fsp3) is 0.320. The van der Waals surface area contributed by atoms with E-state index >= 15 is 0 Å². The number of hydrogen-bond acceptors (Lipinski definition) is 9. The first kappa shape index (κ1) is 22.7. The topological polar surface area (TPSA) is 129 Å². The minimum Gasteiger partial charge on any atom is -0.458 e. The second kappa shape index (κ2) is 8.31. The largest absolute Gasteiger partial charge is 0.458 e. The number of esters is 1. The highest BCUT2D eigenvalue weighted by molar-refractivity contribution is 5.91. The van der Waals surface area contributed by atoms with Crippen molar-refractivity contribution in [3.8, 4) is 17.1 Å². The first-order chi connectivity index (χ1) is 16.7. The average molecular weight is 477 g/mol. The second-order valence-electron chi connectivity index (χ2n) is 9.38. The third-order valence-electron chi connectivity index (χ3n) is 5.90. The number of cyclic esters (lactones) is 1. The van der Waals surface area contributed by atoms with Crippen LogP contribution in [0.5, 0.6) is 5.75 Å². The molecule has 1 aromatic carbocycles. The molecule has 0 saturated heterocycles. The third kappa shape index (κ3) is 3.95. The molecule has 2 aliphatic heterocycles. The smallest absolute Gasteiger partial charge is 0.340 e. The zero-order valence-corrected chi connectivity index (χ0v) is 19.4.